The van der Waals surface area contributed by atoms with Crippen LogP contribution in [0, 0.1) is 0 Å². The first kappa shape index (κ1) is 12.2. The van der Waals surface area contributed by atoms with Crippen LogP contribution in [0.1, 0.15) is 0 Å². The largest absolute Gasteiger partial charge is 0.476 e. The van der Waals surface area contributed by atoms with E-state index in [0.717, 1.165) is 18.5 Å². The fourth-order valence-corrected chi connectivity index (χ4v) is 2.17. The molecule has 1 unspecified atom stereocenters. The lowest BCUT2D eigenvalue weighted by molar-refractivity contribution is -0.000744. The summed E-state index contributed by atoms with van der Waals surface area (Å²) in [5.74, 6) is 0.484. The van der Waals surface area contributed by atoms with E-state index in [2.05, 4.69) is 10.3 Å². The molecule has 1 atom stereocenters. The molecule has 1 aliphatic heterocycles. The molecule has 19 heavy (non-hydrogen) atoms. The Bertz CT molecular complexity index is 617. The highest BCUT2D eigenvalue weighted by Crippen LogP contribution is 2.14. The van der Waals surface area contributed by atoms with Crippen LogP contribution in [0.4, 0.5) is 0 Å². The zero-order valence-electron chi connectivity index (χ0n) is 10.5. The Morgan fingerprint density at radius 2 is 2.26 bits per heavy atom. The van der Waals surface area contributed by atoms with E-state index in [1.807, 2.05) is 24.3 Å². The lowest BCUT2D eigenvalue weighted by atomic mass is 10.2. The molecule has 0 amide bonds. The average Bonchev–Trinajstić information content (AvgIpc) is 2.46. The number of morpholine rings is 1. The van der Waals surface area contributed by atoms with E-state index >= 15 is 0 Å². The normalized spacial score (nSPS) is 19.5. The van der Waals surface area contributed by atoms with E-state index in [4.69, 9.17) is 9.47 Å². The van der Waals surface area contributed by atoms with E-state index < -0.39 is 0 Å². The van der Waals surface area contributed by atoms with Gasteiger partial charge < -0.3 is 14.8 Å². The summed E-state index contributed by atoms with van der Waals surface area (Å²) in [6, 6.07) is 9.29. The highest BCUT2D eigenvalue weighted by molar-refractivity contribution is 5.82. The number of H-pyrrole nitrogens is 1. The van der Waals surface area contributed by atoms with Gasteiger partial charge in [0.05, 0.1) is 6.61 Å². The van der Waals surface area contributed by atoms with Gasteiger partial charge in [0, 0.05) is 24.5 Å². The molecule has 0 radical (unpaired) electrons. The van der Waals surface area contributed by atoms with Gasteiger partial charge in [-0.1, -0.05) is 18.2 Å². The molecule has 3 rings (SSSR count). The molecule has 2 N–H and O–H groups in total. The van der Waals surface area contributed by atoms with Crippen molar-refractivity contribution in [1.29, 1.82) is 0 Å². The van der Waals surface area contributed by atoms with Crippen molar-refractivity contribution in [3.05, 3.63) is 40.7 Å². The zero-order chi connectivity index (χ0) is 13.1. The van der Waals surface area contributed by atoms with Gasteiger partial charge in [-0.2, -0.15) is 0 Å². The highest BCUT2D eigenvalue weighted by atomic mass is 16.5. The minimum absolute atomic E-state index is 0.0312. The Morgan fingerprint density at radius 1 is 1.37 bits per heavy atom. The molecule has 5 heteroatoms. The smallest absolute Gasteiger partial charge is 0.258 e. The van der Waals surface area contributed by atoms with Crippen LogP contribution >= 0.6 is 0 Å². The number of benzene rings is 1. The van der Waals surface area contributed by atoms with Crippen molar-refractivity contribution in [1.82, 2.24) is 10.3 Å². The third-order valence-electron chi connectivity index (χ3n) is 3.16. The van der Waals surface area contributed by atoms with Crippen LogP contribution in [0.25, 0.3) is 10.8 Å². The standard InChI is InChI=1S/C14H16N2O3/c17-14-12-4-2-1-3-10(12)7-13(16-14)19-9-11-8-15-5-6-18-11/h1-4,7,11,15H,5-6,8-9H2,(H,16,17). The third kappa shape index (κ3) is 2.77. The van der Waals surface area contributed by atoms with E-state index in [1.165, 1.54) is 0 Å². The molecule has 1 aromatic heterocycles. The monoisotopic (exact) mass is 260 g/mol. The second kappa shape index (κ2) is 5.42. The number of hydrogen-bond donors (Lipinski definition) is 2. The molecule has 0 saturated carbocycles. The van der Waals surface area contributed by atoms with Crippen LogP contribution in [-0.4, -0.2) is 37.4 Å². The van der Waals surface area contributed by atoms with Crippen LogP contribution < -0.4 is 15.6 Å². The molecule has 100 valence electrons. The number of hydrogen-bond acceptors (Lipinski definition) is 4. The fourth-order valence-electron chi connectivity index (χ4n) is 2.17. The SMILES string of the molecule is O=c1[nH]c(OCC2CNCCO2)cc2ccccc12. The summed E-state index contributed by atoms with van der Waals surface area (Å²) in [7, 11) is 0. The highest BCUT2D eigenvalue weighted by Gasteiger charge is 2.14. The molecule has 1 fully saturated rings. The number of aromatic amines is 1. The van der Waals surface area contributed by atoms with Crippen LogP contribution in [-0.2, 0) is 4.74 Å². The number of pyridine rings is 1. The van der Waals surface area contributed by atoms with Gasteiger partial charge in [-0.3, -0.25) is 9.78 Å². The first-order valence-electron chi connectivity index (χ1n) is 6.40. The second-order valence-electron chi connectivity index (χ2n) is 4.56. The second-order valence-corrected chi connectivity index (χ2v) is 4.56. The number of fused-ring (bicyclic) bond motifs is 1. The van der Waals surface area contributed by atoms with Crippen molar-refractivity contribution in [2.45, 2.75) is 6.10 Å². The summed E-state index contributed by atoms with van der Waals surface area (Å²) in [4.78, 5) is 14.6. The Labute approximate surface area is 110 Å². The molecule has 0 bridgehead atoms. The molecule has 1 saturated heterocycles. The number of ether oxygens (including phenoxy) is 2. The number of rotatable bonds is 3. The molecule has 2 aromatic rings. The average molecular weight is 260 g/mol. The molecule has 1 aromatic carbocycles. The minimum atomic E-state index is -0.129. The predicted molar refractivity (Wildman–Crippen MR) is 72.7 cm³/mol. The van der Waals surface area contributed by atoms with E-state index in [9.17, 15) is 4.79 Å². The van der Waals surface area contributed by atoms with Crippen molar-refractivity contribution in [2.24, 2.45) is 0 Å². The van der Waals surface area contributed by atoms with Gasteiger partial charge in [0.25, 0.3) is 5.56 Å². The Morgan fingerprint density at radius 3 is 3.11 bits per heavy atom. The van der Waals surface area contributed by atoms with Gasteiger partial charge in [0.15, 0.2) is 5.88 Å². The summed E-state index contributed by atoms with van der Waals surface area (Å²) < 4.78 is 11.2. The zero-order valence-corrected chi connectivity index (χ0v) is 10.5. The van der Waals surface area contributed by atoms with Crippen LogP contribution in [0.2, 0.25) is 0 Å². The van der Waals surface area contributed by atoms with Gasteiger partial charge >= 0.3 is 0 Å². The number of nitrogens with one attached hydrogen (secondary N) is 2. The summed E-state index contributed by atoms with van der Waals surface area (Å²) in [6.07, 6.45) is 0.0312. The molecule has 5 nitrogen and oxygen atoms in total. The van der Waals surface area contributed by atoms with Gasteiger partial charge in [-0.15, -0.1) is 0 Å². The molecule has 0 aliphatic carbocycles. The van der Waals surface area contributed by atoms with E-state index in [1.54, 1.807) is 6.07 Å². The van der Waals surface area contributed by atoms with Crippen molar-refractivity contribution in [3.63, 3.8) is 0 Å². The Kier molecular flexibility index (Phi) is 3.48. The first-order valence-corrected chi connectivity index (χ1v) is 6.40. The van der Waals surface area contributed by atoms with Crippen LogP contribution in [0.5, 0.6) is 5.88 Å². The Balaban J connectivity index is 1.75. The molecule has 1 aliphatic rings. The Hall–Kier alpha value is -1.85. The van der Waals surface area contributed by atoms with Crippen molar-refractivity contribution in [2.75, 3.05) is 26.3 Å². The van der Waals surface area contributed by atoms with Crippen molar-refractivity contribution in [3.8, 4) is 5.88 Å². The maximum atomic E-state index is 11.9. The van der Waals surface area contributed by atoms with E-state index in [0.29, 0.717) is 24.5 Å². The van der Waals surface area contributed by atoms with Gasteiger partial charge in [0.2, 0.25) is 0 Å². The maximum absolute atomic E-state index is 11.9. The topological polar surface area (TPSA) is 63.4 Å². The first-order chi connectivity index (χ1) is 9.33. The lowest BCUT2D eigenvalue weighted by Gasteiger charge is -2.23. The quantitative estimate of drug-likeness (QED) is 0.860. The predicted octanol–water partition coefficient (Wildman–Crippen LogP) is 0.895. The molecule has 0 spiro atoms. The van der Waals surface area contributed by atoms with Gasteiger partial charge in [-0.25, -0.2) is 0 Å². The summed E-state index contributed by atoms with van der Waals surface area (Å²) in [5, 5.41) is 4.79. The summed E-state index contributed by atoms with van der Waals surface area (Å²) >= 11 is 0. The minimum Gasteiger partial charge on any atom is -0.476 e. The molecule has 2 heterocycles. The van der Waals surface area contributed by atoms with Crippen LogP contribution in [0.15, 0.2) is 35.1 Å². The molecular formula is C14H16N2O3. The van der Waals surface area contributed by atoms with Gasteiger partial charge in [-0.05, 0) is 11.5 Å². The van der Waals surface area contributed by atoms with Crippen molar-refractivity contribution < 1.29 is 9.47 Å². The third-order valence-corrected chi connectivity index (χ3v) is 3.16. The summed E-state index contributed by atoms with van der Waals surface area (Å²) in [5.41, 5.74) is -0.129. The van der Waals surface area contributed by atoms with Crippen molar-refractivity contribution >= 4 is 10.8 Å². The molecular weight excluding hydrogens is 244 g/mol. The van der Waals surface area contributed by atoms with E-state index in [-0.39, 0.29) is 11.7 Å². The maximum Gasteiger partial charge on any atom is 0.258 e. The van der Waals surface area contributed by atoms with Gasteiger partial charge in [0.1, 0.15) is 12.7 Å². The summed E-state index contributed by atoms with van der Waals surface area (Å²) in [6.45, 7) is 2.78. The lowest BCUT2D eigenvalue weighted by Crippen LogP contribution is -2.41. The number of aromatic nitrogens is 1. The van der Waals surface area contributed by atoms with Crippen LogP contribution in [0.3, 0.4) is 0 Å². The fraction of sp³-hybridized carbons (Fsp3) is 0.357.